The van der Waals surface area contributed by atoms with Gasteiger partial charge in [0, 0.05) is 10.6 Å². The molecule has 2 aromatic heterocycles. The van der Waals surface area contributed by atoms with Gasteiger partial charge in [-0.3, -0.25) is 9.36 Å². The monoisotopic (exact) mass is 460 g/mol. The van der Waals surface area contributed by atoms with Gasteiger partial charge in [0.25, 0.3) is 11.4 Å². The van der Waals surface area contributed by atoms with E-state index in [2.05, 4.69) is 15.1 Å². The molecular formula is C24H17ClN4O4. The van der Waals surface area contributed by atoms with Gasteiger partial charge in [-0.05, 0) is 48.0 Å². The van der Waals surface area contributed by atoms with Crippen molar-refractivity contribution in [3.05, 3.63) is 98.2 Å². The highest BCUT2D eigenvalue weighted by Crippen LogP contribution is 2.29. The molecular weight excluding hydrogens is 444 g/mol. The summed E-state index contributed by atoms with van der Waals surface area (Å²) >= 11 is 5.91. The van der Waals surface area contributed by atoms with Gasteiger partial charge >= 0.3 is 5.69 Å². The molecule has 0 aliphatic rings. The Bertz CT molecular complexity index is 1590. The highest BCUT2D eigenvalue weighted by molar-refractivity contribution is 6.30. The minimum atomic E-state index is -0.514. The van der Waals surface area contributed by atoms with Crippen LogP contribution in [0.4, 0.5) is 0 Å². The van der Waals surface area contributed by atoms with Crippen LogP contribution in [0.3, 0.4) is 0 Å². The Labute approximate surface area is 192 Å². The minimum Gasteiger partial charge on any atom is -0.496 e. The number of aromatic nitrogens is 4. The Morgan fingerprint density at radius 2 is 1.85 bits per heavy atom. The van der Waals surface area contributed by atoms with Gasteiger partial charge in [0.05, 0.1) is 30.1 Å². The largest absolute Gasteiger partial charge is 0.496 e. The third-order valence-electron chi connectivity index (χ3n) is 5.26. The van der Waals surface area contributed by atoms with E-state index in [4.69, 9.17) is 20.9 Å². The van der Waals surface area contributed by atoms with E-state index in [-0.39, 0.29) is 12.4 Å². The first kappa shape index (κ1) is 20.7. The molecule has 0 fully saturated rings. The average Bonchev–Trinajstić information content (AvgIpc) is 3.33. The van der Waals surface area contributed by atoms with Crippen molar-refractivity contribution in [3.63, 3.8) is 0 Å². The van der Waals surface area contributed by atoms with Gasteiger partial charge in [-0.25, -0.2) is 4.79 Å². The Hall–Kier alpha value is -4.17. The van der Waals surface area contributed by atoms with Crippen LogP contribution in [0.5, 0.6) is 5.75 Å². The molecule has 164 valence electrons. The van der Waals surface area contributed by atoms with Gasteiger partial charge in [-0.2, -0.15) is 4.98 Å². The normalized spacial score (nSPS) is 11.1. The second-order valence-electron chi connectivity index (χ2n) is 7.33. The zero-order valence-corrected chi connectivity index (χ0v) is 18.2. The van der Waals surface area contributed by atoms with E-state index < -0.39 is 11.2 Å². The van der Waals surface area contributed by atoms with Crippen LogP contribution in [0.25, 0.3) is 33.7 Å². The van der Waals surface area contributed by atoms with E-state index in [0.717, 1.165) is 10.1 Å². The third-order valence-corrected chi connectivity index (χ3v) is 5.51. The fraction of sp³-hybridized carbons (Fsp3) is 0.0833. The second kappa shape index (κ2) is 8.40. The highest BCUT2D eigenvalue weighted by atomic mass is 35.5. The Kier molecular flexibility index (Phi) is 5.27. The summed E-state index contributed by atoms with van der Waals surface area (Å²) in [5, 5.41) is 5.00. The molecule has 0 saturated carbocycles. The van der Waals surface area contributed by atoms with Crippen LogP contribution in [0.15, 0.2) is 80.8 Å². The number of nitrogens with zero attached hydrogens (tertiary/aromatic N) is 3. The lowest BCUT2D eigenvalue weighted by molar-refractivity contribution is 0.413. The predicted molar refractivity (Wildman–Crippen MR) is 125 cm³/mol. The fourth-order valence-electron chi connectivity index (χ4n) is 3.58. The van der Waals surface area contributed by atoms with Crippen LogP contribution in [0.2, 0.25) is 5.02 Å². The van der Waals surface area contributed by atoms with E-state index in [1.807, 2.05) is 18.2 Å². The van der Waals surface area contributed by atoms with Crippen LogP contribution < -0.4 is 16.0 Å². The van der Waals surface area contributed by atoms with E-state index in [1.165, 1.54) is 0 Å². The zero-order valence-electron chi connectivity index (χ0n) is 17.4. The Morgan fingerprint density at radius 3 is 2.64 bits per heavy atom. The summed E-state index contributed by atoms with van der Waals surface area (Å²) in [6.07, 6.45) is 0. The van der Waals surface area contributed by atoms with Crippen molar-refractivity contribution in [2.24, 2.45) is 0 Å². The SMILES string of the molecule is COc1ccccc1-c1noc(-c2ccc3c(=O)n(Cc4ccc(Cl)cc4)c(=O)[nH]c3c2)n1. The quantitative estimate of drug-likeness (QED) is 0.423. The van der Waals surface area contributed by atoms with E-state index in [0.29, 0.717) is 38.6 Å². The van der Waals surface area contributed by atoms with Crippen LogP contribution in [-0.2, 0) is 6.54 Å². The number of methoxy groups -OCH3 is 1. The minimum absolute atomic E-state index is 0.134. The first-order valence-electron chi connectivity index (χ1n) is 10.0. The average molecular weight is 461 g/mol. The maximum Gasteiger partial charge on any atom is 0.329 e. The van der Waals surface area contributed by atoms with Crippen molar-refractivity contribution in [2.75, 3.05) is 7.11 Å². The van der Waals surface area contributed by atoms with E-state index >= 15 is 0 Å². The zero-order chi connectivity index (χ0) is 22.9. The number of ether oxygens (including phenoxy) is 1. The maximum atomic E-state index is 13.0. The first-order chi connectivity index (χ1) is 16.0. The summed E-state index contributed by atoms with van der Waals surface area (Å²) in [6, 6.07) is 19.3. The number of nitrogens with one attached hydrogen (secondary N) is 1. The number of rotatable bonds is 5. The fourth-order valence-corrected chi connectivity index (χ4v) is 3.71. The van der Waals surface area contributed by atoms with Crippen molar-refractivity contribution < 1.29 is 9.26 Å². The molecule has 0 bridgehead atoms. The summed E-state index contributed by atoms with van der Waals surface area (Å²) < 4.78 is 11.9. The highest BCUT2D eigenvalue weighted by Gasteiger charge is 2.16. The van der Waals surface area contributed by atoms with Gasteiger partial charge in [0.15, 0.2) is 0 Å². The smallest absolute Gasteiger partial charge is 0.329 e. The van der Waals surface area contributed by atoms with Gasteiger partial charge in [0.1, 0.15) is 5.75 Å². The molecule has 0 amide bonds. The lowest BCUT2D eigenvalue weighted by atomic mass is 10.1. The van der Waals surface area contributed by atoms with Crippen LogP contribution in [0.1, 0.15) is 5.56 Å². The van der Waals surface area contributed by atoms with E-state index in [9.17, 15) is 9.59 Å². The van der Waals surface area contributed by atoms with Crippen LogP contribution >= 0.6 is 11.6 Å². The van der Waals surface area contributed by atoms with Gasteiger partial charge in [-0.1, -0.05) is 41.0 Å². The molecule has 0 aliphatic heterocycles. The molecule has 0 spiro atoms. The third kappa shape index (κ3) is 3.92. The molecule has 0 atom stereocenters. The molecule has 0 aliphatic carbocycles. The first-order valence-corrected chi connectivity index (χ1v) is 10.4. The maximum absolute atomic E-state index is 13.0. The molecule has 5 rings (SSSR count). The summed E-state index contributed by atoms with van der Waals surface area (Å²) in [5.74, 6) is 1.24. The van der Waals surface area contributed by atoms with Crippen molar-refractivity contribution in [1.29, 1.82) is 0 Å². The number of hydrogen-bond acceptors (Lipinski definition) is 6. The molecule has 0 saturated heterocycles. The molecule has 9 heteroatoms. The van der Waals surface area contributed by atoms with E-state index in [1.54, 1.807) is 55.6 Å². The van der Waals surface area contributed by atoms with Crippen LogP contribution in [-0.4, -0.2) is 26.8 Å². The van der Waals surface area contributed by atoms with Gasteiger partial charge < -0.3 is 14.2 Å². The van der Waals surface area contributed by atoms with Crippen molar-refractivity contribution in [3.8, 4) is 28.6 Å². The number of hydrogen-bond donors (Lipinski definition) is 1. The molecule has 2 heterocycles. The molecule has 0 unspecified atom stereocenters. The number of para-hydroxylation sites is 1. The number of halogens is 1. The van der Waals surface area contributed by atoms with Gasteiger partial charge in [-0.15, -0.1) is 0 Å². The summed E-state index contributed by atoms with van der Waals surface area (Å²) in [7, 11) is 1.57. The summed E-state index contributed by atoms with van der Waals surface area (Å²) in [6.45, 7) is 0.134. The Balaban J connectivity index is 1.52. The Morgan fingerprint density at radius 1 is 1.06 bits per heavy atom. The molecule has 0 radical (unpaired) electrons. The topological polar surface area (TPSA) is 103 Å². The predicted octanol–water partition coefficient (Wildman–Crippen LogP) is 4.12. The molecule has 1 N–H and O–H groups in total. The number of H-pyrrole nitrogens is 1. The number of fused-ring (bicyclic) bond motifs is 1. The number of aromatic amines is 1. The number of benzene rings is 3. The molecule has 5 aromatic rings. The van der Waals surface area contributed by atoms with Crippen LogP contribution in [0, 0.1) is 0 Å². The van der Waals surface area contributed by atoms with Crippen molar-refractivity contribution in [2.45, 2.75) is 6.54 Å². The van der Waals surface area contributed by atoms with Crippen molar-refractivity contribution in [1.82, 2.24) is 19.7 Å². The molecule has 8 nitrogen and oxygen atoms in total. The molecule has 3 aromatic carbocycles. The van der Waals surface area contributed by atoms with Crippen molar-refractivity contribution >= 4 is 22.5 Å². The van der Waals surface area contributed by atoms with Gasteiger partial charge in [0.2, 0.25) is 5.82 Å². The lowest BCUT2D eigenvalue weighted by Crippen LogP contribution is -2.35. The molecule has 33 heavy (non-hydrogen) atoms. The second-order valence-corrected chi connectivity index (χ2v) is 7.77. The summed E-state index contributed by atoms with van der Waals surface area (Å²) in [5.41, 5.74) is 1.52. The lowest BCUT2D eigenvalue weighted by Gasteiger charge is -2.07. The standard InChI is InChI=1S/C24H17ClN4O4/c1-32-20-5-3-2-4-18(20)21-27-22(33-28-21)15-8-11-17-19(12-15)26-24(31)29(23(17)30)13-14-6-9-16(25)10-7-14/h2-12H,13H2,1H3,(H,26,31). The summed E-state index contributed by atoms with van der Waals surface area (Å²) in [4.78, 5) is 32.8.